The molecule has 2 atom stereocenters. The topological polar surface area (TPSA) is 79.5 Å². The second-order valence-corrected chi connectivity index (χ2v) is 7.35. The molecule has 1 N–H and O–H groups in total. The Morgan fingerprint density at radius 1 is 1.35 bits per heavy atom. The summed E-state index contributed by atoms with van der Waals surface area (Å²) in [5, 5.41) is 19.0. The molecule has 0 bridgehead atoms. The Hall–Kier alpha value is -1.08. The van der Waals surface area contributed by atoms with Crippen LogP contribution in [0.25, 0.3) is 0 Å². The van der Waals surface area contributed by atoms with Crippen molar-refractivity contribution in [2.24, 2.45) is 5.92 Å². The number of nitrogens with zero attached hydrogens (tertiary/aromatic N) is 3. The first-order chi connectivity index (χ1) is 11.1. The summed E-state index contributed by atoms with van der Waals surface area (Å²) < 4.78 is 5.49. The molecule has 0 aromatic carbocycles. The first-order valence-corrected chi connectivity index (χ1v) is 9.57. The Labute approximate surface area is 142 Å². The van der Waals surface area contributed by atoms with Crippen LogP contribution in [0.2, 0.25) is 0 Å². The smallest absolute Gasteiger partial charge is 0.276 e. The number of carbonyl (C=O) groups is 1. The van der Waals surface area contributed by atoms with Gasteiger partial charge in [0, 0.05) is 6.04 Å². The lowest BCUT2D eigenvalue weighted by Gasteiger charge is -2.39. The number of amides is 1. The average molecular weight is 341 g/mol. The highest BCUT2D eigenvalue weighted by molar-refractivity contribution is 7.98. The van der Waals surface area contributed by atoms with E-state index in [1.54, 1.807) is 4.90 Å². The molecule has 0 saturated heterocycles. The summed E-state index contributed by atoms with van der Waals surface area (Å²) >= 11 is 1.34. The van der Waals surface area contributed by atoms with Gasteiger partial charge in [0.2, 0.25) is 12.3 Å². The Morgan fingerprint density at radius 2 is 2.04 bits per heavy atom. The maximum atomic E-state index is 11.8. The van der Waals surface area contributed by atoms with E-state index in [9.17, 15) is 9.90 Å². The SMILES string of the molecule is CSc1nnc(C(O)[C@H](CC(C)C)N(C=O)C2CCCCC2)o1. The van der Waals surface area contributed by atoms with E-state index in [0.29, 0.717) is 17.6 Å². The van der Waals surface area contributed by atoms with Crippen molar-refractivity contribution < 1.29 is 14.3 Å². The van der Waals surface area contributed by atoms with Crippen LogP contribution in [0.1, 0.15) is 64.4 Å². The van der Waals surface area contributed by atoms with Gasteiger partial charge in [-0.3, -0.25) is 4.79 Å². The quantitative estimate of drug-likeness (QED) is 0.578. The molecule has 23 heavy (non-hydrogen) atoms. The van der Waals surface area contributed by atoms with Crippen molar-refractivity contribution in [3.8, 4) is 0 Å². The van der Waals surface area contributed by atoms with Crippen molar-refractivity contribution in [3.63, 3.8) is 0 Å². The van der Waals surface area contributed by atoms with Gasteiger partial charge in [-0.15, -0.1) is 10.2 Å². The van der Waals surface area contributed by atoms with E-state index in [2.05, 4.69) is 24.0 Å². The maximum Gasteiger partial charge on any atom is 0.276 e. The van der Waals surface area contributed by atoms with Gasteiger partial charge >= 0.3 is 0 Å². The first kappa shape index (κ1) is 18.3. The molecule has 1 unspecified atom stereocenters. The van der Waals surface area contributed by atoms with E-state index in [1.165, 1.54) is 18.2 Å². The number of rotatable bonds is 8. The Kier molecular flexibility index (Phi) is 6.89. The summed E-state index contributed by atoms with van der Waals surface area (Å²) in [6, 6.07) is -0.131. The normalized spacial score (nSPS) is 18.8. The van der Waals surface area contributed by atoms with Crippen LogP contribution in [-0.2, 0) is 4.79 Å². The molecule has 2 rings (SSSR count). The molecule has 0 aliphatic heterocycles. The summed E-state index contributed by atoms with van der Waals surface area (Å²) in [6.07, 6.45) is 7.98. The molecule has 1 fully saturated rings. The number of aliphatic hydroxyl groups excluding tert-OH is 1. The zero-order valence-electron chi connectivity index (χ0n) is 14.1. The number of hydrogen-bond acceptors (Lipinski definition) is 6. The van der Waals surface area contributed by atoms with Crippen LogP contribution in [0, 0.1) is 5.92 Å². The molecule has 7 heteroatoms. The zero-order chi connectivity index (χ0) is 16.8. The second-order valence-electron chi connectivity index (χ2n) is 6.60. The van der Waals surface area contributed by atoms with Crippen LogP contribution in [0.3, 0.4) is 0 Å². The molecule has 0 spiro atoms. The van der Waals surface area contributed by atoms with E-state index in [1.807, 2.05) is 6.26 Å². The molecule has 1 aromatic heterocycles. The molecule has 1 aromatic rings. The molecule has 1 aliphatic carbocycles. The molecular weight excluding hydrogens is 314 g/mol. The lowest BCUT2D eigenvalue weighted by molar-refractivity contribution is -0.128. The third-order valence-electron chi connectivity index (χ3n) is 4.43. The van der Waals surface area contributed by atoms with Gasteiger partial charge in [0.05, 0.1) is 6.04 Å². The van der Waals surface area contributed by atoms with Crippen LogP contribution in [0.15, 0.2) is 9.64 Å². The third-order valence-corrected chi connectivity index (χ3v) is 4.94. The fraction of sp³-hybridized carbons (Fsp3) is 0.812. The van der Waals surface area contributed by atoms with Gasteiger partial charge < -0.3 is 14.4 Å². The van der Waals surface area contributed by atoms with Gasteiger partial charge in [-0.25, -0.2) is 0 Å². The molecule has 0 radical (unpaired) electrons. The standard InChI is InChI=1S/C16H27N3O3S/c1-11(2)9-13(14(21)15-17-18-16(22-15)23-3)19(10-20)12-7-5-4-6-8-12/h10-14,21H,4-9H2,1-3H3/t13-,14?/m0/s1. The summed E-state index contributed by atoms with van der Waals surface area (Å²) in [5.41, 5.74) is 0. The summed E-state index contributed by atoms with van der Waals surface area (Å²) in [5.74, 6) is 0.547. The van der Waals surface area contributed by atoms with E-state index >= 15 is 0 Å². The molecular formula is C16H27N3O3S. The predicted octanol–water partition coefficient (Wildman–Crippen LogP) is 3.03. The predicted molar refractivity (Wildman–Crippen MR) is 89.1 cm³/mol. The fourth-order valence-corrected chi connectivity index (χ4v) is 3.59. The highest BCUT2D eigenvalue weighted by Crippen LogP contribution is 2.31. The van der Waals surface area contributed by atoms with Crippen molar-refractivity contribution in [2.45, 2.75) is 75.8 Å². The Morgan fingerprint density at radius 3 is 2.57 bits per heavy atom. The summed E-state index contributed by atoms with van der Waals surface area (Å²) in [4.78, 5) is 13.6. The van der Waals surface area contributed by atoms with Crippen molar-refractivity contribution in [2.75, 3.05) is 6.26 Å². The van der Waals surface area contributed by atoms with E-state index in [0.717, 1.165) is 32.1 Å². The van der Waals surface area contributed by atoms with Crippen LogP contribution in [0.4, 0.5) is 0 Å². The van der Waals surface area contributed by atoms with Crippen LogP contribution >= 0.6 is 11.8 Å². The monoisotopic (exact) mass is 341 g/mol. The van der Waals surface area contributed by atoms with Crippen molar-refractivity contribution in [1.29, 1.82) is 0 Å². The fourth-order valence-electron chi connectivity index (χ4n) is 3.30. The van der Waals surface area contributed by atoms with Gasteiger partial charge in [-0.1, -0.05) is 44.9 Å². The maximum absolute atomic E-state index is 11.8. The second kappa shape index (κ2) is 8.68. The number of aromatic nitrogens is 2. The Balaban J connectivity index is 2.20. The van der Waals surface area contributed by atoms with Gasteiger partial charge in [0.1, 0.15) is 0 Å². The van der Waals surface area contributed by atoms with Gasteiger partial charge in [-0.2, -0.15) is 0 Å². The van der Waals surface area contributed by atoms with Gasteiger partial charge in [0.25, 0.3) is 5.22 Å². The minimum absolute atomic E-state index is 0.197. The molecule has 1 heterocycles. The lowest BCUT2D eigenvalue weighted by atomic mass is 9.90. The number of carbonyl (C=O) groups excluding carboxylic acids is 1. The largest absolute Gasteiger partial charge is 0.413 e. The zero-order valence-corrected chi connectivity index (χ0v) is 15.0. The third kappa shape index (κ3) is 4.70. The molecule has 1 aliphatic rings. The highest BCUT2D eigenvalue weighted by atomic mass is 32.2. The van der Waals surface area contributed by atoms with E-state index < -0.39 is 6.10 Å². The lowest BCUT2D eigenvalue weighted by Crippen LogP contribution is -2.47. The van der Waals surface area contributed by atoms with Crippen LogP contribution in [0.5, 0.6) is 0 Å². The number of thioether (sulfide) groups is 1. The Bertz CT molecular complexity index is 489. The average Bonchev–Trinajstić information content (AvgIpc) is 3.03. The highest BCUT2D eigenvalue weighted by Gasteiger charge is 2.35. The molecule has 130 valence electrons. The molecule has 1 saturated carbocycles. The number of hydrogen-bond donors (Lipinski definition) is 1. The first-order valence-electron chi connectivity index (χ1n) is 8.35. The van der Waals surface area contributed by atoms with Crippen molar-refractivity contribution in [3.05, 3.63) is 5.89 Å². The van der Waals surface area contributed by atoms with Gasteiger partial charge in [-0.05, 0) is 31.4 Å². The minimum atomic E-state index is -0.946. The van der Waals surface area contributed by atoms with E-state index in [4.69, 9.17) is 4.42 Å². The summed E-state index contributed by atoms with van der Waals surface area (Å²) in [6.45, 7) is 4.18. The van der Waals surface area contributed by atoms with Crippen LogP contribution in [-0.4, -0.2) is 45.0 Å². The van der Waals surface area contributed by atoms with Crippen LogP contribution < -0.4 is 0 Å². The van der Waals surface area contributed by atoms with Crippen molar-refractivity contribution >= 4 is 18.2 Å². The van der Waals surface area contributed by atoms with Crippen molar-refractivity contribution in [1.82, 2.24) is 15.1 Å². The summed E-state index contributed by atoms with van der Waals surface area (Å²) in [7, 11) is 0. The molecule has 1 amide bonds. The minimum Gasteiger partial charge on any atom is -0.413 e. The van der Waals surface area contributed by atoms with E-state index in [-0.39, 0.29) is 18.0 Å². The number of aliphatic hydroxyl groups is 1. The van der Waals surface area contributed by atoms with Gasteiger partial charge in [0.15, 0.2) is 6.10 Å². The molecule has 6 nitrogen and oxygen atoms in total.